The first-order valence-electron chi connectivity index (χ1n) is 10.0. The zero-order valence-corrected chi connectivity index (χ0v) is 17.2. The second-order valence-corrected chi connectivity index (χ2v) is 7.04. The third-order valence-electron chi connectivity index (χ3n) is 4.39. The summed E-state index contributed by atoms with van der Waals surface area (Å²) in [6.45, 7) is 11.4. The van der Waals surface area contributed by atoms with Crippen molar-refractivity contribution in [3.63, 3.8) is 0 Å². The molecule has 0 aliphatic heterocycles. The van der Waals surface area contributed by atoms with Crippen LogP contribution in [0.5, 0.6) is 5.88 Å². The van der Waals surface area contributed by atoms with Crippen LogP contribution in [0.1, 0.15) is 78.2 Å². The summed E-state index contributed by atoms with van der Waals surface area (Å²) in [6.07, 6.45) is 8.55. The highest BCUT2D eigenvalue weighted by Gasteiger charge is 2.33. The van der Waals surface area contributed by atoms with Gasteiger partial charge in [0.15, 0.2) is 0 Å². The lowest BCUT2D eigenvalue weighted by atomic mass is 9.96. The molecule has 5 heteroatoms. The minimum absolute atomic E-state index is 0.108. The topological polar surface area (TPSA) is 60.5 Å². The maximum atomic E-state index is 12.8. The van der Waals surface area contributed by atoms with Gasteiger partial charge in [-0.1, -0.05) is 46.5 Å². The van der Waals surface area contributed by atoms with Crippen molar-refractivity contribution < 1.29 is 14.3 Å². The molecule has 0 saturated carbocycles. The summed E-state index contributed by atoms with van der Waals surface area (Å²) in [5.41, 5.74) is 0.785. The van der Waals surface area contributed by atoms with E-state index in [4.69, 9.17) is 9.47 Å². The fourth-order valence-electron chi connectivity index (χ4n) is 2.65. The van der Waals surface area contributed by atoms with Gasteiger partial charge >= 0.3 is 0 Å². The molecular weight excluding hydrogens is 328 g/mol. The second-order valence-electron chi connectivity index (χ2n) is 7.04. The number of nitrogens with one attached hydrogen (secondary N) is 1. The van der Waals surface area contributed by atoms with E-state index in [1.807, 2.05) is 19.9 Å². The molecule has 0 bridgehead atoms. The molecule has 1 rings (SSSR count). The first kappa shape index (κ1) is 22.4. The summed E-state index contributed by atoms with van der Waals surface area (Å²) in [5, 5.41) is 2.97. The first-order chi connectivity index (χ1) is 12.5. The van der Waals surface area contributed by atoms with Crippen LogP contribution in [0, 0.1) is 6.92 Å². The number of amides is 1. The number of pyridine rings is 1. The molecule has 1 heterocycles. The van der Waals surface area contributed by atoms with Gasteiger partial charge in [-0.15, -0.1) is 0 Å². The van der Waals surface area contributed by atoms with Crippen molar-refractivity contribution in [2.24, 2.45) is 0 Å². The molecule has 0 radical (unpaired) electrons. The molecule has 1 atom stereocenters. The summed E-state index contributed by atoms with van der Waals surface area (Å²) in [5.74, 6) is 0.521. The summed E-state index contributed by atoms with van der Waals surface area (Å²) in [6, 6.07) is 1.90. The van der Waals surface area contributed by atoms with Crippen LogP contribution in [0.3, 0.4) is 0 Å². The maximum absolute atomic E-state index is 12.8. The quantitative estimate of drug-likeness (QED) is 0.484. The number of aryl methyl sites for hydroxylation is 1. The van der Waals surface area contributed by atoms with Crippen molar-refractivity contribution in [2.45, 2.75) is 85.2 Å². The minimum Gasteiger partial charge on any atom is -0.477 e. The van der Waals surface area contributed by atoms with E-state index in [2.05, 4.69) is 31.1 Å². The van der Waals surface area contributed by atoms with E-state index < -0.39 is 5.60 Å². The molecule has 0 unspecified atom stereocenters. The lowest BCUT2D eigenvalue weighted by molar-refractivity contribution is -0.140. The zero-order chi connectivity index (χ0) is 19.4. The number of ether oxygens (including phenoxy) is 2. The van der Waals surface area contributed by atoms with Crippen LogP contribution in [-0.4, -0.2) is 29.7 Å². The number of carbonyl (C=O) groups is 1. The Morgan fingerprint density at radius 3 is 2.46 bits per heavy atom. The number of nitrogens with zero attached hydrogens (tertiary/aromatic N) is 1. The number of hydrogen-bond donors (Lipinski definition) is 1. The lowest BCUT2D eigenvalue weighted by Gasteiger charge is -2.28. The molecule has 148 valence electrons. The second kappa shape index (κ2) is 11.9. The third kappa shape index (κ3) is 7.32. The predicted octanol–water partition coefficient (Wildman–Crippen LogP) is 5.27. The SMILES string of the molecule is CCCCC[C@@](C)(OCCC)C(=O)Nc1cnc(OCCCC)c(C)c1. The molecule has 5 nitrogen and oxygen atoms in total. The summed E-state index contributed by atoms with van der Waals surface area (Å²) < 4.78 is 11.6. The van der Waals surface area contributed by atoms with Crippen LogP contribution in [-0.2, 0) is 9.53 Å². The maximum Gasteiger partial charge on any atom is 0.256 e. The fraction of sp³-hybridized carbons (Fsp3) is 0.714. The van der Waals surface area contributed by atoms with Gasteiger partial charge in [-0.3, -0.25) is 4.79 Å². The number of hydrogen-bond acceptors (Lipinski definition) is 4. The zero-order valence-electron chi connectivity index (χ0n) is 17.2. The number of carbonyl (C=O) groups excluding carboxylic acids is 1. The van der Waals surface area contributed by atoms with E-state index in [0.29, 0.717) is 24.8 Å². The monoisotopic (exact) mass is 364 g/mol. The molecule has 1 amide bonds. The Bertz CT molecular complexity index is 548. The molecular formula is C21H36N2O3. The van der Waals surface area contributed by atoms with Crippen molar-refractivity contribution in [3.8, 4) is 5.88 Å². The molecule has 1 aromatic rings. The van der Waals surface area contributed by atoms with Gasteiger partial charge in [0.05, 0.1) is 18.5 Å². The van der Waals surface area contributed by atoms with Gasteiger partial charge in [0.1, 0.15) is 5.60 Å². The van der Waals surface area contributed by atoms with Crippen molar-refractivity contribution in [3.05, 3.63) is 17.8 Å². The number of rotatable bonds is 13. The molecule has 0 aliphatic carbocycles. The Morgan fingerprint density at radius 2 is 1.85 bits per heavy atom. The predicted molar refractivity (Wildman–Crippen MR) is 107 cm³/mol. The van der Waals surface area contributed by atoms with E-state index in [-0.39, 0.29) is 5.91 Å². The Hall–Kier alpha value is -1.62. The fourth-order valence-corrected chi connectivity index (χ4v) is 2.65. The number of anilines is 1. The number of unbranched alkanes of at least 4 members (excludes halogenated alkanes) is 3. The van der Waals surface area contributed by atoms with Gasteiger partial charge < -0.3 is 14.8 Å². The molecule has 0 aliphatic rings. The normalized spacial score (nSPS) is 13.3. The van der Waals surface area contributed by atoms with Gasteiger partial charge in [-0.25, -0.2) is 4.98 Å². The highest BCUT2D eigenvalue weighted by Crippen LogP contribution is 2.24. The van der Waals surface area contributed by atoms with Crippen LogP contribution in [0.25, 0.3) is 0 Å². The summed E-state index contributed by atoms with van der Waals surface area (Å²) in [7, 11) is 0. The highest BCUT2D eigenvalue weighted by molar-refractivity contribution is 5.97. The van der Waals surface area contributed by atoms with E-state index in [9.17, 15) is 4.79 Å². The molecule has 1 aromatic heterocycles. The van der Waals surface area contributed by atoms with Crippen molar-refractivity contribution in [1.82, 2.24) is 4.98 Å². The van der Waals surface area contributed by atoms with Gasteiger partial charge in [0.2, 0.25) is 5.88 Å². The van der Waals surface area contributed by atoms with Crippen LogP contribution < -0.4 is 10.1 Å². The van der Waals surface area contributed by atoms with Crippen molar-refractivity contribution >= 4 is 11.6 Å². The molecule has 26 heavy (non-hydrogen) atoms. The standard InChI is InChI=1S/C21H36N2O3/c1-6-9-11-12-21(5,26-13-8-3)20(24)23-18-15-17(4)19(22-16-18)25-14-10-7-2/h15-16H,6-14H2,1-5H3,(H,23,24)/t21-/m1/s1. The van der Waals surface area contributed by atoms with Gasteiger partial charge in [-0.05, 0) is 39.2 Å². The minimum atomic E-state index is -0.810. The first-order valence-corrected chi connectivity index (χ1v) is 10.0. The average molecular weight is 365 g/mol. The largest absolute Gasteiger partial charge is 0.477 e. The van der Waals surface area contributed by atoms with E-state index in [1.165, 1.54) is 0 Å². The average Bonchev–Trinajstić information content (AvgIpc) is 2.62. The third-order valence-corrected chi connectivity index (χ3v) is 4.39. The van der Waals surface area contributed by atoms with Crippen molar-refractivity contribution in [1.29, 1.82) is 0 Å². The molecule has 0 aromatic carbocycles. The molecule has 1 N–H and O–H groups in total. The summed E-state index contributed by atoms with van der Waals surface area (Å²) >= 11 is 0. The Kier molecular flexibility index (Phi) is 10.3. The molecule has 0 spiro atoms. The lowest BCUT2D eigenvalue weighted by Crippen LogP contribution is -2.43. The number of aromatic nitrogens is 1. The van der Waals surface area contributed by atoms with Crippen LogP contribution in [0.15, 0.2) is 12.3 Å². The summed E-state index contributed by atoms with van der Waals surface area (Å²) in [4.78, 5) is 17.2. The van der Waals surface area contributed by atoms with Gasteiger partial charge in [0, 0.05) is 12.2 Å². The molecule has 0 saturated heterocycles. The smallest absolute Gasteiger partial charge is 0.256 e. The van der Waals surface area contributed by atoms with Crippen molar-refractivity contribution in [2.75, 3.05) is 18.5 Å². The molecule has 0 fully saturated rings. The van der Waals surface area contributed by atoms with Gasteiger partial charge in [0.25, 0.3) is 5.91 Å². The van der Waals surface area contributed by atoms with Crippen LogP contribution >= 0.6 is 0 Å². The Balaban J connectivity index is 2.76. The van der Waals surface area contributed by atoms with E-state index in [1.54, 1.807) is 6.20 Å². The highest BCUT2D eigenvalue weighted by atomic mass is 16.5. The van der Waals surface area contributed by atoms with E-state index >= 15 is 0 Å². The Morgan fingerprint density at radius 1 is 1.12 bits per heavy atom. The Labute approximate surface area is 158 Å². The van der Waals surface area contributed by atoms with E-state index in [0.717, 1.165) is 50.5 Å². The van der Waals surface area contributed by atoms with Crippen LogP contribution in [0.4, 0.5) is 5.69 Å². The van der Waals surface area contributed by atoms with Gasteiger partial charge in [-0.2, -0.15) is 0 Å². The van der Waals surface area contributed by atoms with Crippen LogP contribution in [0.2, 0.25) is 0 Å².